The monoisotopic (exact) mass is 340 g/mol. The number of fused-ring (bicyclic) bond motifs is 2. The van der Waals surface area contributed by atoms with E-state index in [0.717, 1.165) is 6.42 Å². The molecule has 1 amide bonds. The Morgan fingerprint density at radius 3 is 2.84 bits per heavy atom. The molecule has 0 spiro atoms. The first-order chi connectivity index (χ1) is 12.2. The lowest BCUT2D eigenvalue weighted by molar-refractivity contribution is 0.102. The summed E-state index contributed by atoms with van der Waals surface area (Å²) in [4.78, 5) is 24.3. The summed E-state index contributed by atoms with van der Waals surface area (Å²) in [6, 6.07) is 10.2. The lowest BCUT2D eigenvalue weighted by Crippen LogP contribution is -2.13. The fourth-order valence-electron chi connectivity index (χ4n) is 2.82. The van der Waals surface area contributed by atoms with Crippen molar-refractivity contribution in [3.63, 3.8) is 0 Å². The number of ether oxygens (including phenoxy) is 2. The predicted molar refractivity (Wildman–Crippen MR) is 91.3 cm³/mol. The molecule has 128 valence electrons. The van der Waals surface area contributed by atoms with Crippen LogP contribution in [0.1, 0.15) is 23.7 Å². The number of amides is 1. The maximum atomic E-state index is 12.4. The molecule has 0 fully saturated rings. The summed E-state index contributed by atoms with van der Waals surface area (Å²) in [6.45, 7) is 2.74. The fraction of sp³-hybridized carbons (Fsp3) is 0.222. The second-order valence-corrected chi connectivity index (χ2v) is 5.72. The molecule has 7 nitrogen and oxygen atoms in total. The Balaban J connectivity index is 1.60. The SMILES string of the molecule is CCCn1c(=O)oc2cc(NC(=O)c3ccc4c(c3)OCO4)ccc21. The molecule has 0 atom stereocenters. The summed E-state index contributed by atoms with van der Waals surface area (Å²) < 4.78 is 17.4. The van der Waals surface area contributed by atoms with E-state index < -0.39 is 5.76 Å². The van der Waals surface area contributed by atoms with Gasteiger partial charge >= 0.3 is 5.76 Å². The molecule has 3 aromatic rings. The van der Waals surface area contributed by atoms with Crippen molar-refractivity contribution in [3.8, 4) is 11.5 Å². The van der Waals surface area contributed by atoms with Gasteiger partial charge in [0.2, 0.25) is 6.79 Å². The largest absolute Gasteiger partial charge is 0.454 e. The summed E-state index contributed by atoms with van der Waals surface area (Å²) >= 11 is 0. The third-order valence-corrected chi connectivity index (χ3v) is 4.01. The summed E-state index contributed by atoms with van der Waals surface area (Å²) in [6.07, 6.45) is 0.830. The van der Waals surface area contributed by atoms with Gasteiger partial charge in [-0.05, 0) is 36.8 Å². The number of rotatable bonds is 4. The zero-order chi connectivity index (χ0) is 17.4. The molecule has 0 saturated heterocycles. The minimum atomic E-state index is -0.393. The first-order valence-corrected chi connectivity index (χ1v) is 8.00. The maximum Gasteiger partial charge on any atom is 0.419 e. The first kappa shape index (κ1) is 15.3. The molecular weight excluding hydrogens is 324 g/mol. The zero-order valence-electron chi connectivity index (χ0n) is 13.6. The van der Waals surface area contributed by atoms with Gasteiger partial charge in [-0.3, -0.25) is 9.36 Å². The van der Waals surface area contributed by atoms with Gasteiger partial charge < -0.3 is 19.2 Å². The van der Waals surface area contributed by atoms with Crippen molar-refractivity contribution in [1.82, 2.24) is 4.57 Å². The van der Waals surface area contributed by atoms with Crippen LogP contribution in [0, 0.1) is 0 Å². The number of benzene rings is 2. The van der Waals surface area contributed by atoms with Crippen molar-refractivity contribution in [2.75, 3.05) is 12.1 Å². The highest BCUT2D eigenvalue weighted by molar-refractivity contribution is 6.05. The van der Waals surface area contributed by atoms with Crippen LogP contribution in [-0.2, 0) is 6.54 Å². The van der Waals surface area contributed by atoms with E-state index >= 15 is 0 Å². The second kappa shape index (κ2) is 6.01. The van der Waals surface area contributed by atoms with Crippen LogP contribution in [0.15, 0.2) is 45.6 Å². The quantitative estimate of drug-likeness (QED) is 0.789. The summed E-state index contributed by atoms with van der Waals surface area (Å²) in [5.74, 6) is 0.492. The van der Waals surface area contributed by atoms with Gasteiger partial charge in [-0.1, -0.05) is 6.92 Å². The standard InChI is InChI=1S/C18H16N2O5/c1-2-7-20-13-5-4-12(9-15(13)25-18(20)22)19-17(21)11-3-6-14-16(8-11)24-10-23-14/h3-6,8-9H,2,7,10H2,1H3,(H,19,21). The predicted octanol–water partition coefficient (Wildman–Crippen LogP) is 2.99. The third-order valence-electron chi connectivity index (χ3n) is 4.01. The highest BCUT2D eigenvalue weighted by Crippen LogP contribution is 2.32. The number of carbonyl (C=O) groups excluding carboxylic acids is 1. The van der Waals surface area contributed by atoms with Gasteiger partial charge in [-0.2, -0.15) is 0 Å². The molecule has 1 aromatic heterocycles. The van der Waals surface area contributed by atoms with Crippen molar-refractivity contribution in [2.45, 2.75) is 19.9 Å². The number of anilines is 1. The Labute approximate surface area is 142 Å². The van der Waals surface area contributed by atoms with Crippen molar-refractivity contribution in [2.24, 2.45) is 0 Å². The molecule has 1 aliphatic rings. The van der Waals surface area contributed by atoms with Crippen molar-refractivity contribution < 1.29 is 18.7 Å². The Kier molecular flexibility index (Phi) is 3.68. The number of hydrogen-bond acceptors (Lipinski definition) is 5. The maximum absolute atomic E-state index is 12.4. The summed E-state index contributed by atoms with van der Waals surface area (Å²) in [5.41, 5.74) is 2.16. The number of aryl methyl sites for hydroxylation is 1. The van der Waals surface area contributed by atoms with Crippen LogP contribution in [0.25, 0.3) is 11.1 Å². The first-order valence-electron chi connectivity index (χ1n) is 8.00. The molecule has 0 radical (unpaired) electrons. The van der Waals surface area contributed by atoms with E-state index in [1.54, 1.807) is 41.0 Å². The van der Waals surface area contributed by atoms with Crippen LogP contribution in [0.4, 0.5) is 5.69 Å². The Morgan fingerprint density at radius 2 is 2.00 bits per heavy atom. The average molecular weight is 340 g/mol. The number of hydrogen-bond donors (Lipinski definition) is 1. The molecule has 7 heteroatoms. The number of nitrogens with zero attached hydrogens (tertiary/aromatic N) is 1. The van der Waals surface area contributed by atoms with E-state index in [0.29, 0.717) is 40.4 Å². The van der Waals surface area contributed by atoms with Crippen molar-refractivity contribution in [1.29, 1.82) is 0 Å². The Morgan fingerprint density at radius 1 is 1.16 bits per heavy atom. The lowest BCUT2D eigenvalue weighted by Gasteiger charge is -2.06. The van der Waals surface area contributed by atoms with Crippen molar-refractivity contribution in [3.05, 3.63) is 52.5 Å². The third kappa shape index (κ3) is 2.73. The van der Waals surface area contributed by atoms with Crippen LogP contribution in [0.2, 0.25) is 0 Å². The van der Waals surface area contributed by atoms with E-state index in [1.165, 1.54) is 0 Å². The highest BCUT2D eigenvalue weighted by Gasteiger charge is 2.17. The highest BCUT2D eigenvalue weighted by atomic mass is 16.7. The molecule has 0 bridgehead atoms. The topological polar surface area (TPSA) is 82.7 Å². The van der Waals surface area contributed by atoms with Gasteiger partial charge in [-0.15, -0.1) is 0 Å². The van der Waals surface area contributed by atoms with Gasteiger partial charge in [0.05, 0.1) is 5.52 Å². The molecule has 0 unspecified atom stereocenters. The van der Waals surface area contributed by atoms with Crippen molar-refractivity contribution >= 4 is 22.7 Å². The Hall–Kier alpha value is -3.22. The molecule has 2 heterocycles. The van der Waals surface area contributed by atoms with E-state index in [2.05, 4.69) is 5.32 Å². The van der Waals surface area contributed by atoms with E-state index in [4.69, 9.17) is 13.9 Å². The molecule has 25 heavy (non-hydrogen) atoms. The number of oxazole rings is 1. The van der Waals surface area contributed by atoms with Crippen LogP contribution in [0.5, 0.6) is 11.5 Å². The van der Waals surface area contributed by atoms with Gasteiger partial charge in [0.15, 0.2) is 17.1 Å². The average Bonchev–Trinajstić information content (AvgIpc) is 3.19. The zero-order valence-corrected chi connectivity index (χ0v) is 13.6. The van der Waals surface area contributed by atoms with Gasteiger partial charge in [0, 0.05) is 23.9 Å². The fourth-order valence-corrected chi connectivity index (χ4v) is 2.82. The van der Waals surface area contributed by atoms with E-state index in [9.17, 15) is 9.59 Å². The van der Waals surface area contributed by atoms with Crippen LogP contribution in [0.3, 0.4) is 0 Å². The van der Waals surface area contributed by atoms with Crippen LogP contribution < -0.4 is 20.5 Å². The number of aromatic nitrogens is 1. The minimum absolute atomic E-state index is 0.158. The molecule has 1 N–H and O–H groups in total. The smallest absolute Gasteiger partial charge is 0.419 e. The molecule has 0 saturated carbocycles. The summed E-state index contributed by atoms with van der Waals surface area (Å²) in [7, 11) is 0. The molecule has 4 rings (SSSR count). The molecule has 0 aliphatic carbocycles. The normalized spacial score (nSPS) is 12.5. The van der Waals surface area contributed by atoms with Gasteiger partial charge in [0.1, 0.15) is 0 Å². The number of nitrogens with one attached hydrogen (secondary N) is 1. The molecule has 1 aliphatic heterocycles. The summed E-state index contributed by atoms with van der Waals surface area (Å²) in [5, 5.41) is 2.80. The lowest BCUT2D eigenvalue weighted by atomic mass is 10.2. The van der Waals surface area contributed by atoms with Crippen LogP contribution in [-0.4, -0.2) is 17.3 Å². The van der Waals surface area contributed by atoms with Gasteiger partial charge in [0.25, 0.3) is 5.91 Å². The minimum Gasteiger partial charge on any atom is -0.454 e. The molecule has 2 aromatic carbocycles. The molecular formula is C18H16N2O5. The Bertz CT molecular complexity index is 1020. The number of carbonyl (C=O) groups is 1. The van der Waals surface area contributed by atoms with Crippen LogP contribution >= 0.6 is 0 Å². The second-order valence-electron chi connectivity index (χ2n) is 5.72. The van der Waals surface area contributed by atoms with Gasteiger partial charge in [-0.25, -0.2) is 4.79 Å². The van der Waals surface area contributed by atoms with E-state index in [-0.39, 0.29) is 12.7 Å². The van der Waals surface area contributed by atoms with E-state index in [1.807, 2.05) is 6.92 Å².